The standard InChI is InChI=1S/C15H15FN6O/c16-10-2-1-3-11(8(10)4-6-17)22-12-9-5-7-18-13(9)20-21-14(12)19-15(22)23/h1-3,5,7,9,13,18H,4,6,17H2,(H,19,23). The average Bonchev–Trinajstić information content (AvgIpc) is 3.12. The summed E-state index contributed by atoms with van der Waals surface area (Å²) in [5.41, 5.74) is 6.83. The fraction of sp³-hybridized carbons (Fsp3) is 0.267. The van der Waals surface area contributed by atoms with E-state index in [1.165, 1.54) is 10.6 Å². The fourth-order valence-corrected chi connectivity index (χ4v) is 3.14. The van der Waals surface area contributed by atoms with Crippen molar-refractivity contribution in [3.8, 4) is 5.69 Å². The number of imidazole rings is 1. The Labute approximate surface area is 130 Å². The number of nitrogens with zero attached hydrogens (tertiary/aromatic N) is 3. The van der Waals surface area contributed by atoms with E-state index in [1.807, 2.05) is 6.08 Å². The first kappa shape index (κ1) is 13.9. The van der Waals surface area contributed by atoms with Crippen LogP contribution < -0.4 is 16.7 Å². The highest BCUT2D eigenvalue weighted by molar-refractivity contribution is 5.51. The van der Waals surface area contributed by atoms with Crippen LogP contribution in [0.3, 0.4) is 0 Å². The number of nitrogens with one attached hydrogen (secondary N) is 2. The number of rotatable bonds is 3. The highest BCUT2D eigenvalue weighted by atomic mass is 19.1. The first-order valence-electron chi connectivity index (χ1n) is 7.37. The van der Waals surface area contributed by atoms with Gasteiger partial charge >= 0.3 is 5.69 Å². The maximum absolute atomic E-state index is 14.2. The van der Waals surface area contributed by atoms with E-state index in [2.05, 4.69) is 20.5 Å². The summed E-state index contributed by atoms with van der Waals surface area (Å²) in [6.07, 6.45) is 3.82. The number of fused-ring (bicyclic) bond motifs is 3. The van der Waals surface area contributed by atoms with E-state index >= 15 is 0 Å². The molecule has 1 aromatic carbocycles. The molecule has 4 N–H and O–H groups in total. The van der Waals surface area contributed by atoms with Crippen molar-refractivity contribution in [1.29, 1.82) is 0 Å². The molecule has 3 heterocycles. The summed E-state index contributed by atoms with van der Waals surface area (Å²) in [6, 6.07) is 4.68. The quantitative estimate of drug-likeness (QED) is 0.799. The summed E-state index contributed by atoms with van der Waals surface area (Å²) < 4.78 is 15.7. The van der Waals surface area contributed by atoms with E-state index in [1.54, 1.807) is 18.3 Å². The van der Waals surface area contributed by atoms with Gasteiger partial charge in [-0.25, -0.2) is 9.18 Å². The molecule has 0 fully saturated rings. The summed E-state index contributed by atoms with van der Waals surface area (Å²) in [7, 11) is 0. The van der Waals surface area contributed by atoms with Gasteiger partial charge in [-0.15, -0.1) is 5.11 Å². The molecule has 2 unspecified atom stereocenters. The van der Waals surface area contributed by atoms with Crippen LogP contribution in [-0.4, -0.2) is 22.3 Å². The molecule has 7 nitrogen and oxygen atoms in total. The minimum absolute atomic E-state index is 0.129. The van der Waals surface area contributed by atoms with Crippen LogP contribution in [0.5, 0.6) is 0 Å². The van der Waals surface area contributed by atoms with Gasteiger partial charge in [-0.2, -0.15) is 5.11 Å². The molecule has 0 saturated heterocycles. The van der Waals surface area contributed by atoms with Crippen molar-refractivity contribution in [2.75, 3.05) is 6.54 Å². The van der Waals surface area contributed by atoms with E-state index in [4.69, 9.17) is 5.73 Å². The van der Waals surface area contributed by atoms with E-state index in [-0.39, 0.29) is 23.6 Å². The third-order valence-corrected chi connectivity index (χ3v) is 4.15. The fourth-order valence-electron chi connectivity index (χ4n) is 3.14. The number of hydrogen-bond acceptors (Lipinski definition) is 5. The maximum atomic E-state index is 14.2. The average molecular weight is 314 g/mol. The summed E-state index contributed by atoms with van der Waals surface area (Å²) in [6.45, 7) is 0.294. The first-order valence-corrected chi connectivity index (χ1v) is 7.37. The molecule has 2 atom stereocenters. The second-order valence-electron chi connectivity index (χ2n) is 5.49. The Balaban J connectivity index is 1.97. The van der Waals surface area contributed by atoms with Crippen LogP contribution in [0.15, 0.2) is 45.5 Å². The molecular weight excluding hydrogens is 299 g/mol. The van der Waals surface area contributed by atoms with Crippen LogP contribution in [0, 0.1) is 5.82 Å². The normalized spacial score (nSPS) is 21.1. The molecule has 1 aromatic heterocycles. The van der Waals surface area contributed by atoms with Gasteiger partial charge in [-0.3, -0.25) is 9.55 Å². The lowest BCUT2D eigenvalue weighted by Crippen LogP contribution is -2.28. The zero-order chi connectivity index (χ0) is 16.0. The number of aromatic nitrogens is 2. The SMILES string of the molecule is NCCc1c(F)cccc1-n1c2c([nH]c1=O)N=NC1NC=CC21. The largest absolute Gasteiger partial charge is 0.368 e. The molecule has 23 heavy (non-hydrogen) atoms. The van der Waals surface area contributed by atoms with Crippen molar-refractivity contribution in [1.82, 2.24) is 14.9 Å². The van der Waals surface area contributed by atoms with Crippen molar-refractivity contribution < 1.29 is 4.39 Å². The van der Waals surface area contributed by atoms with E-state index in [0.717, 1.165) is 0 Å². The van der Waals surface area contributed by atoms with Crippen LogP contribution in [-0.2, 0) is 6.42 Å². The van der Waals surface area contributed by atoms with Crippen LogP contribution in [0.25, 0.3) is 5.69 Å². The molecule has 0 saturated carbocycles. The monoisotopic (exact) mass is 314 g/mol. The third-order valence-electron chi connectivity index (χ3n) is 4.15. The minimum atomic E-state index is -0.371. The molecule has 2 aliphatic rings. The zero-order valence-corrected chi connectivity index (χ0v) is 12.2. The predicted molar refractivity (Wildman–Crippen MR) is 82.4 cm³/mol. The lowest BCUT2D eigenvalue weighted by atomic mass is 10.0. The summed E-state index contributed by atoms with van der Waals surface area (Å²) in [4.78, 5) is 15.2. The van der Waals surface area contributed by atoms with Crippen molar-refractivity contribution in [3.63, 3.8) is 0 Å². The molecular formula is C15H15FN6O. The van der Waals surface area contributed by atoms with Gasteiger partial charge in [0.05, 0.1) is 17.3 Å². The highest BCUT2D eigenvalue weighted by Crippen LogP contribution is 2.37. The van der Waals surface area contributed by atoms with E-state index in [0.29, 0.717) is 35.7 Å². The summed E-state index contributed by atoms with van der Waals surface area (Å²) >= 11 is 0. The van der Waals surface area contributed by atoms with Crippen LogP contribution >= 0.6 is 0 Å². The van der Waals surface area contributed by atoms with Gasteiger partial charge in [0.25, 0.3) is 0 Å². The Morgan fingerprint density at radius 1 is 1.39 bits per heavy atom. The van der Waals surface area contributed by atoms with Gasteiger partial charge < -0.3 is 11.1 Å². The predicted octanol–water partition coefficient (Wildman–Crippen LogP) is 1.43. The Morgan fingerprint density at radius 2 is 2.26 bits per heavy atom. The lowest BCUT2D eigenvalue weighted by molar-refractivity contribution is 0.538. The molecule has 0 aliphatic carbocycles. The van der Waals surface area contributed by atoms with Gasteiger partial charge in [0.2, 0.25) is 0 Å². The minimum Gasteiger partial charge on any atom is -0.368 e. The van der Waals surface area contributed by atoms with E-state index < -0.39 is 0 Å². The molecule has 0 spiro atoms. The van der Waals surface area contributed by atoms with Crippen LogP contribution in [0.4, 0.5) is 10.2 Å². The number of benzene rings is 1. The van der Waals surface area contributed by atoms with Gasteiger partial charge in [-0.1, -0.05) is 12.1 Å². The number of aromatic amines is 1. The molecule has 8 heteroatoms. The molecule has 2 aliphatic heterocycles. The van der Waals surface area contributed by atoms with Gasteiger partial charge in [-0.05, 0) is 31.3 Å². The Bertz CT molecular complexity index is 881. The summed E-state index contributed by atoms with van der Waals surface area (Å²) in [5, 5.41) is 11.3. The number of hydrogen-bond donors (Lipinski definition) is 3. The topological polar surface area (TPSA) is 101 Å². The number of H-pyrrole nitrogens is 1. The number of azo groups is 1. The van der Waals surface area contributed by atoms with Crippen molar-refractivity contribution in [2.45, 2.75) is 18.5 Å². The van der Waals surface area contributed by atoms with Crippen molar-refractivity contribution in [3.05, 3.63) is 58.0 Å². The van der Waals surface area contributed by atoms with Crippen LogP contribution in [0.1, 0.15) is 17.2 Å². The zero-order valence-electron chi connectivity index (χ0n) is 12.2. The van der Waals surface area contributed by atoms with E-state index in [9.17, 15) is 9.18 Å². The molecule has 4 rings (SSSR count). The first-order chi connectivity index (χ1) is 11.2. The van der Waals surface area contributed by atoms with Gasteiger partial charge in [0, 0.05) is 5.56 Å². The van der Waals surface area contributed by atoms with Gasteiger partial charge in [0.15, 0.2) is 12.0 Å². The molecule has 2 aromatic rings. The Hall–Kier alpha value is -2.74. The molecule has 0 radical (unpaired) electrons. The second kappa shape index (κ2) is 5.17. The molecule has 0 bridgehead atoms. The Kier molecular flexibility index (Phi) is 3.12. The second-order valence-corrected chi connectivity index (χ2v) is 5.49. The highest BCUT2D eigenvalue weighted by Gasteiger charge is 2.35. The third kappa shape index (κ3) is 2.02. The number of nitrogens with two attached hydrogens (primary N) is 1. The molecule has 118 valence electrons. The number of halogens is 1. The summed E-state index contributed by atoms with van der Waals surface area (Å²) in [5.74, 6) is -0.0909. The maximum Gasteiger partial charge on any atom is 0.332 e. The molecule has 0 amide bonds. The van der Waals surface area contributed by atoms with Crippen LogP contribution in [0.2, 0.25) is 0 Å². The van der Waals surface area contributed by atoms with Crippen molar-refractivity contribution in [2.24, 2.45) is 16.0 Å². The Morgan fingerprint density at radius 3 is 3.09 bits per heavy atom. The lowest BCUT2D eigenvalue weighted by Gasteiger charge is -2.21. The van der Waals surface area contributed by atoms with Gasteiger partial charge in [0.1, 0.15) is 5.82 Å². The smallest absolute Gasteiger partial charge is 0.332 e. The van der Waals surface area contributed by atoms with Crippen molar-refractivity contribution >= 4 is 5.82 Å².